The lowest BCUT2D eigenvalue weighted by atomic mass is 10.1. The summed E-state index contributed by atoms with van der Waals surface area (Å²) in [6.45, 7) is 1.92. The molecule has 0 radical (unpaired) electrons. The molecule has 1 fully saturated rings. The Balaban J connectivity index is 0.00000200. The molecule has 0 spiro atoms. The largest absolute Gasteiger partial charge is 0.370 e. The molecular formula is C14H20ClFN2O2. The van der Waals surface area contributed by atoms with Crippen LogP contribution in [0.15, 0.2) is 24.3 Å². The van der Waals surface area contributed by atoms with Crippen molar-refractivity contribution in [3.63, 3.8) is 0 Å². The van der Waals surface area contributed by atoms with Gasteiger partial charge < -0.3 is 15.4 Å². The number of nitrogens with two attached hydrogens (primary N) is 1. The van der Waals surface area contributed by atoms with E-state index in [2.05, 4.69) is 0 Å². The number of halogens is 2. The average molecular weight is 303 g/mol. The molecule has 4 nitrogen and oxygen atoms in total. The van der Waals surface area contributed by atoms with E-state index < -0.39 is 0 Å². The molecule has 6 heteroatoms. The zero-order valence-corrected chi connectivity index (χ0v) is 12.1. The van der Waals surface area contributed by atoms with E-state index in [4.69, 9.17) is 10.5 Å². The summed E-state index contributed by atoms with van der Waals surface area (Å²) in [5.41, 5.74) is 5.91. The van der Waals surface area contributed by atoms with Gasteiger partial charge in [0.05, 0.1) is 13.2 Å². The fourth-order valence-electron chi connectivity index (χ4n) is 2.21. The number of rotatable bonds is 4. The number of ether oxygens (including phenoxy) is 1. The SMILES string of the molecule is Cl.NCCCC(=O)N1CCOC(c2ccccc2F)C1. The van der Waals surface area contributed by atoms with Crippen LogP contribution in [0, 0.1) is 5.82 Å². The van der Waals surface area contributed by atoms with Crippen LogP contribution >= 0.6 is 12.4 Å². The lowest BCUT2D eigenvalue weighted by molar-refractivity contribution is -0.139. The summed E-state index contributed by atoms with van der Waals surface area (Å²) in [5.74, 6) is -0.223. The van der Waals surface area contributed by atoms with Crippen LogP contribution in [0.4, 0.5) is 4.39 Å². The first-order valence-corrected chi connectivity index (χ1v) is 6.56. The molecule has 2 N–H and O–H groups in total. The summed E-state index contributed by atoms with van der Waals surface area (Å²) in [5, 5.41) is 0. The molecule has 1 aliphatic rings. The highest BCUT2D eigenvalue weighted by atomic mass is 35.5. The third-order valence-corrected chi connectivity index (χ3v) is 3.27. The number of amides is 1. The summed E-state index contributed by atoms with van der Waals surface area (Å²) < 4.78 is 19.3. The molecule has 0 aromatic heterocycles. The number of hydrogen-bond acceptors (Lipinski definition) is 3. The molecule has 0 aliphatic carbocycles. The predicted octanol–water partition coefficient (Wildman–Crippen LogP) is 1.89. The number of nitrogens with zero attached hydrogens (tertiary/aromatic N) is 1. The van der Waals surface area contributed by atoms with Crippen molar-refractivity contribution in [1.29, 1.82) is 0 Å². The first-order chi connectivity index (χ1) is 9.22. The quantitative estimate of drug-likeness (QED) is 0.924. The number of carbonyl (C=O) groups is 1. The van der Waals surface area contributed by atoms with Gasteiger partial charge in [-0.1, -0.05) is 18.2 Å². The molecule has 1 aliphatic heterocycles. The number of morpholine rings is 1. The van der Waals surface area contributed by atoms with Crippen LogP contribution in [0.5, 0.6) is 0 Å². The summed E-state index contributed by atoms with van der Waals surface area (Å²) in [7, 11) is 0. The van der Waals surface area contributed by atoms with E-state index in [1.165, 1.54) is 6.07 Å². The van der Waals surface area contributed by atoms with Crippen molar-refractivity contribution in [2.24, 2.45) is 5.73 Å². The Morgan fingerprint density at radius 3 is 2.90 bits per heavy atom. The lowest BCUT2D eigenvalue weighted by Crippen LogP contribution is -2.42. The fourth-order valence-corrected chi connectivity index (χ4v) is 2.21. The van der Waals surface area contributed by atoms with Crippen LogP contribution in [0.25, 0.3) is 0 Å². The maximum Gasteiger partial charge on any atom is 0.222 e. The third-order valence-electron chi connectivity index (χ3n) is 3.27. The van der Waals surface area contributed by atoms with Gasteiger partial charge in [-0.25, -0.2) is 4.39 Å². The molecular weight excluding hydrogens is 283 g/mol. The number of carbonyl (C=O) groups excluding carboxylic acids is 1. The second-order valence-electron chi connectivity index (χ2n) is 4.61. The summed E-state index contributed by atoms with van der Waals surface area (Å²) in [6, 6.07) is 6.53. The zero-order valence-electron chi connectivity index (χ0n) is 11.3. The predicted molar refractivity (Wildman–Crippen MR) is 77.2 cm³/mol. The highest BCUT2D eigenvalue weighted by molar-refractivity contribution is 5.85. The minimum Gasteiger partial charge on any atom is -0.370 e. The van der Waals surface area contributed by atoms with Crippen LogP contribution in [-0.4, -0.2) is 37.0 Å². The fraction of sp³-hybridized carbons (Fsp3) is 0.500. The Morgan fingerprint density at radius 1 is 1.45 bits per heavy atom. The Hall–Kier alpha value is -1.17. The monoisotopic (exact) mass is 302 g/mol. The molecule has 1 saturated heterocycles. The molecule has 0 saturated carbocycles. The lowest BCUT2D eigenvalue weighted by Gasteiger charge is -2.33. The van der Waals surface area contributed by atoms with Crippen molar-refractivity contribution < 1.29 is 13.9 Å². The first kappa shape index (κ1) is 16.9. The van der Waals surface area contributed by atoms with E-state index in [-0.39, 0.29) is 30.2 Å². The standard InChI is InChI=1S/C14H19FN2O2.ClH/c15-12-5-2-1-4-11(12)13-10-17(8-9-19-13)14(18)6-3-7-16;/h1-2,4-5,13H,3,6-10,16H2;1H. The Bertz CT molecular complexity index is 445. The summed E-state index contributed by atoms with van der Waals surface area (Å²) in [4.78, 5) is 13.7. The summed E-state index contributed by atoms with van der Waals surface area (Å²) >= 11 is 0. The second-order valence-corrected chi connectivity index (χ2v) is 4.61. The van der Waals surface area contributed by atoms with Crippen molar-refractivity contribution in [2.45, 2.75) is 18.9 Å². The van der Waals surface area contributed by atoms with Crippen LogP contribution in [0.3, 0.4) is 0 Å². The van der Waals surface area contributed by atoms with Crippen molar-refractivity contribution in [2.75, 3.05) is 26.2 Å². The highest BCUT2D eigenvalue weighted by Crippen LogP contribution is 2.24. The Labute approximate surface area is 124 Å². The van der Waals surface area contributed by atoms with Crippen molar-refractivity contribution in [3.05, 3.63) is 35.6 Å². The molecule has 1 heterocycles. The van der Waals surface area contributed by atoms with E-state index in [9.17, 15) is 9.18 Å². The maximum absolute atomic E-state index is 13.7. The molecule has 112 valence electrons. The van der Waals surface area contributed by atoms with Crippen molar-refractivity contribution >= 4 is 18.3 Å². The van der Waals surface area contributed by atoms with Gasteiger partial charge in [0.2, 0.25) is 5.91 Å². The number of benzene rings is 1. The zero-order chi connectivity index (χ0) is 13.7. The van der Waals surface area contributed by atoms with Gasteiger partial charge >= 0.3 is 0 Å². The van der Waals surface area contributed by atoms with Crippen LogP contribution < -0.4 is 5.73 Å². The summed E-state index contributed by atoms with van der Waals surface area (Å²) in [6.07, 6.45) is 0.748. The van der Waals surface area contributed by atoms with Crippen LogP contribution in [0.1, 0.15) is 24.5 Å². The van der Waals surface area contributed by atoms with Gasteiger partial charge in [0, 0.05) is 18.5 Å². The van der Waals surface area contributed by atoms with Gasteiger partial charge in [-0.15, -0.1) is 12.4 Å². The minimum absolute atomic E-state index is 0. The molecule has 1 aromatic rings. The van der Waals surface area contributed by atoms with Gasteiger partial charge in [-0.3, -0.25) is 4.79 Å². The van der Waals surface area contributed by atoms with Crippen molar-refractivity contribution in [3.8, 4) is 0 Å². The van der Waals surface area contributed by atoms with Crippen molar-refractivity contribution in [1.82, 2.24) is 4.90 Å². The highest BCUT2D eigenvalue weighted by Gasteiger charge is 2.26. The molecule has 1 amide bonds. The molecule has 1 unspecified atom stereocenters. The van der Waals surface area contributed by atoms with E-state index in [0.717, 1.165) is 0 Å². The third kappa shape index (κ3) is 4.16. The molecule has 2 rings (SSSR count). The van der Waals surface area contributed by atoms with E-state index in [0.29, 0.717) is 44.6 Å². The smallest absolute Gasteiger partial charge is 0.222 e. The molecule has 1 atom stereocenters. The number of hydrogen-bond donors (Lipinski definition) is 1. The molecule has 0 bridgehead atoms. The van der Waals surface area contributed by atoms with E-state index in [1.54, 1.807) is 23.1 Å². The Kier molecular flexibility index (Phi) is 6.91. The van der Waals surface area contributed by atoms with Gasteiger partial charge in [0.15, 0.2) is 0 Å². The minimum atomic E-state index is -0.378. The molecule has 1 aromatic carbocycles. The van der Waals surface area contributed by atoms with Gasteiger partial charge in [0.25, 0.3) is 0 Å². The van der Waals surface area contributed by atoms with Gasteiger partial charge in [0.1, 0.15) is 11.9 Å². The molecule has 20 heavy (non-hydrogen) atoms. The van der Waals surface area contributed by atoms with E-state index >= 15 is 0 Å². The first-order valence-electron chi connectivity index (χ1n) is 6.56. The second kappa shape index (κ2) is 8.19. The van der Waals surface area contributed by atoms with Crippen LogP contribution in [-0.2, 0) is 9.53 Å². The van der Waals surface area contributed by atoms with Gasteiger partial charge in [-0.2, -0.15) is 0 Å². The topological polar surface area (TPSA) is 55.6 Å². The Morgan fingerprint density at radius 2 is 2.20 bits per heavy atom. The normalized spacial score (nSPS) is 18.5. The average Bonchev–Trinajstić information content (AvgIpc) is 2.45. The van der Waals surface area contributed by atoms with E-state index in [1.807, 2.05) is 0 Å². The van der Waals surface area contributed by atoms with Crippen LogP contribution in [0.2, 0.25) is 0 Å². The maximum atomic E-state index is 13.7. The van der Waals surface area contributed by atoms with Gasteiger partial charge in [-0.05, 0) is 19.0 Å².